The maximum absolute atomic E-state index is 11.9. The first-order valence-corrected chi connectivity index (χ1v) is 9.31. The predicted molar refractivity (Wildman–Crippen MR) is 93.1 cm³/mol. The summed E-state index contributed by atoms with van der Waals surface area (Å²) in [6.45, 7) is -0.249. The Morgan fingerprint density at radius 2 is 2.09 bits per heavy atom. The van der Waals surface area contributed by atoms with Gasteiger partial charge in [0.25, 0.3) is 5.91 Å². The molecule has 1 N–H and O–H groups in total. The van der Waals surface area contributed by atoms with Crippen LogP contribution in [0.5, 0.6) is 0 Å². The summed E-state index contributed by atoms with van der Waals surface area (Å²) in [5, 5.41) is 4.73. The first-order valence-electron chi connectivity index (χ1n) is 7.44. The van der Waals surface area contributed by atoms with Crippen molar-refractivity contribution in [3.63, 3.8) is 0 Å². The van der Waals surface area contributed by atoms with Crippen LogP contribution >= 0.6 is 23.1 Å². The maximum Gasteiger partial charge on any atom is 0.316 e. The second kappa shape index (κ2) is 7.66. The molecule has 0 saturated carbocycles. The summed E-state index contributed by atoms with van der Waals surface area (Å²) in [4.78, 5) is 23.5. The van der Waals surface area contributed by atoms with Gasteiger partial charge in [-0.1, -0.05) is 12.1 Å². The van der Waals surface area contributed by atoms with E-state index in [-0.39, 0.29) is 24.2 Å². The summed E-state index contributed by atoms with van der Waals surface area (Å²) in [5.41, 5.74) is 3.42. The highest BCUT2D eigenvalue weighted by Gasteiger charge is 2.13. The molecule has 0 atom stereocenters. The van der Waals surface area contributed by atoms with Gasteiger partial charge in [0.1, 0.15) is 0 Å². The van der Waals surface area contributed by atoms with Crippen LogP contribution in [0.1, 0.15) is 17.5 Å². The van der Waals surface area contributed by atoms with Crippen molar-refractivity contribution in [1.29, 1.82) is 0 Å². The summed E-state index contributed by atoms with van der Waals surface area (Å²) >= 11 is 2.99. The Morgan fingerprint density at radius 3 is 2.91 bits per heavy atom. The number of carbonyl (C=O) groups is 2. The monoisotopic (exact) mass is 347 g/mol. The van der Waals surface area contributed by atoms with Gasteiger partial charge in [0.05, 0.1) is 9.96 Å². The van der Waals surface area contributed by atoms with Crippen LogP contribution in [0.4, 0.5) is 5.69 Å². The molecule has 3 rings (SSSR count). The Balaban J connectivity index is 1.41. The number of carbonyl (C=O) groups excluding carboxylic acids is 2. The van der Waals surface area contributed by atoms with Crippen molar-refractivity contribution in [3.8, 4) is 0 Å². The highest BCUT2D eigenvalue weighted by Crippen LogP contribution is 2.25. The number of amides is 1. The minimum Gasteiger partial charge on any atom is -0.455 e. The van der Waals surface area contributed by atoms with E-state index in [0.29, 0.717) is 0 Å². The van der Waals surface area contributed by atoms with Crippen molar-refractivity contribution in [2.24, 2.45) is 0 Å². The molecule has 1 aromatic heterocycles. The lowest BCUT2D eigenvalue weighted by Gasteiger charge is -2.08. The molecule has 0 radical (unpaired) electrons. The zero-order valence-electron chi connectivity index (χ0n) is 12.5. The van der Waals surface area contributed by atoms with Crippen molar-refractivity contribution in [2.75, 3.05) is 17.7 Å². The number of anilines is 1. The molecule has 0 spiro atoms. The molecule has 23 heavy (non-hydrogen) atoms. The highest BCUT2D eigenvalue weighted by molar-refractivity contribution is 8.01. The zero-order chi connectivity index (χ0) is 16.1. The summed E-state index contributed by atoms with van der Waals surface area (Å²) in [7, 11) is 0. The number of hydrogen-bond acceptors (Lipinski definition) is 5. The molecule has 4 nitrogen and oxygen atoms in total. The van der Waals surface area contributed by atoms with E-state index in [2.05, 4.69) is 11.4 Å². The number of rotatable bonds is 6. The molecule has 120 valence electrons. The lowest BCUT2D eigenvalue weighted by atomic mass is 10.1. The van der Waals surface area contributed by atoms with E-state index in [0.717, 1.165) is 22.7 Å². The standard InChI is InChI=1S/C17H17NO3S2/c19-15(10-21-16(20)11-23-17-5-2-8-22-17)18-14-7-6-12-3-1-4-13(12)9-14/h2,5-9H,1,3-4,10-11H2,(H,18,19). The smallest absolute Gasteiger partial charge is 0.316 e. The summed E-state index contributed by atoms with van der Waals surface area (Å²) in [6.07, 6.45) is 3.35. The molecule has 1 heterocycles. The van der Waals surface area contributed by atoms with Crippen molar-refractivity contribution >= 4 is 40.7 Å². The van der Waals surface area contributed by atoms with E-state index in [1.165, 1.54) is 29.3 Å². The van der Waals surface area contributed by atoms with Crippen LogP contribution in [-0.2, 0) is 27.2 Å². The molecule has 0 unspecified atom stereocenters. The van der Waals surface area contributed by atoms with Crippen LogP contribution < -0.4 is 5.32 Å². The van der Waals surface area contributed by atoms with Gasteiger partial charge in [-0.2, -0.15) is 0 Å². The van der Waals surface area contributed by atoms with Crippen molar-refractivity contribution in [1.82, 2.24) is 0 Å². The fourth-order valence-electron chi connectivity index (χ4n) is 2.51. The van der Waals surface area contributed by atoms with Crippen LogP contribution in [0.25, 0.3) is 0 Å². The Bertz CT molecular complexity index is 698. The van der Waals surface area contributed by atoms with Crippen LogP contribution in [-0.4, -0.2) is 24.2 Å². The number of ether oxygens (including phenoxy) is 1. The maximum atomic E-state index is 11.9. The van der Waals surface area contributed by atoms with Gasteiger partial charge in [-0.15, -0.1) is 23.1 Å². The Hall–Kier alpha value is -1.79. The first kappa shape index (κ1) is 16.1. The van der Waals surface area contributed by atoms with Crippen LogP contribution in [0, 0.1) is 0 Å². The number of aryl methyl sites for hydroxylation is 2. The van der Waals surface area contributed by atoms with Gasteiger partial charge in [-0.25, -0.2) is 0 Å². The van der Waals surface area contributed by atoms with Gasteiger partial charge in [0.2, 0.25) is 0 Å². The highest BCUT2D eigenvalue weighted by atomic mass is 32.2. The largest absolute Gasteiger partial charge is 0.455 e. The number of esters is 1. The lowest BCUT2D eigenvalue weighted by molar-refractivity contribution is -0.144. The third kappa shape index (κ3) is 4.59. The average molecular weight is 347 g/mol. The Labute approximate surface area is 143 Å². The number of benzene rings is 1. The van der Waals surface area contributed by atoms with Gasteiger partial charge in [0.15, 0.2) is 6.61 Å². The number of fused-ring (bicyclic) bond motifs is 1. The van der Waals surface area contributed by atoms with Crippen molar-refractivity contribution in [2.45, 2.75) is 23.5 Å². The fourth-order valence-corrected chi connectivity index (χ4v) is 4.09. The molecule has 1 aliphatic rings. The molecule has 1 aromatic carbocycles. The molecule has 0 bridgehead atoms. The summed E-state index contributed by atoms with van der Waals surface area (Å²) < 4.78 is 6.06. The Kier molecular flexibility index (Phi) is 5.35. The number of hydrogen-bond donors (Lipinski definition) is 1. The molecule has 2 aromatic rings. The molecule has 6 heteroatoms. The first-order chi connectivity index (χ1) is 11.2. The second-order valence-electron chi connectivity index (χ2n) is 5.27. The topological polar surface area (TPSA) is 55.4 Å². The normalized spacial score (nSPS) is 12.7. The fraction of sp³-hybridized carbons (Fsp3) is 0.294. The van der Waals surface area contributed by atoms with Crippen LogP contribution in [0.3, 0.4) is 0 Å². The minimum atomic E-state index is -0.382. The third-order valence-corrected chi connectivity index (χ3v) is 5.68. The molecular formula is C17H17NO3S2. The zero-order valence-corrected chi connectivity index (χ0v) is 14.2. The quantitative estimate of drug-likeness (QED) is 0.642. The van der Waals surface area contributed by atoms with E-state index in [1.54, 1.807) is 11.3 Å². The van der Waals surface area contributed by atoms with Crippen LogP contribution in [0.2, 0.25) is 0 Å². The summed E-state index contributed by atoms with van der Waals surface area (Å²) in [6, 6.07) is 9.85. The van der Waals surface area contributed by atoms with Crippen molar-refractivity contribution < 1.29 is 14.3 Å². The van der Waals surface area contributed by atoms with Crippen LogP contribution in [0.15, 0.2) is 39.9 Å². The average Bonchev–Trinajstić information content (AvgIpc) is 3.21. The van der Waals surface area contributed by atoms with E-state index in [9.17, 15) is 9.59 Å². The predicted octanol–water partition coefficient (Wildman–Crippen LogP) is 3.51. The Morgan fingerprint density at radius 1 is 1.22 bits per heavy atom. The molecule has 0 fully saturated rings. The minimum absolute atomic E-state index is 0.215. The third-order valence-electron chi connectivity index (χ3n) is 3.57. The number of thioether (sulfide) groups is 1. The van der Waals surface area contributed by atoms with E-state index < -0.39 is 0 Å². The molecular weight excluding hydrogens is 330 g/mol. The molecule has 1 amide bonds. The van der Waals surface area contributed by atoms with E-state index in [1.807, 2.05) is 29.6 Å². The van der Waals surface area contributed by atoms with Gasteiger partial charge < -0.3 is 10.1 Å². The van der Waals surface area contributed by atoms with E-state index >= 15 is 0 Å². The van der Waals surface area contributed by atoms with Gasteiger partial charge in [-0.3, -0.25) is 9.59 Å². The molecule has 1 aliphatic carbocycles. The second-order valence-corrected chi connectivity index (χ2v) is 7.49. The molecule has 0 aliphatic heterocycles. The van der Waals surface area contributed by atoms with E-state index in [4.69, 9.17) is 4.74 Å². The summed E-state index contributed by atoms with van der Waals surface area (Å²) in [5.74, 6) is -0.475. The van der Waals surface area contributed by atoms with Gasteiger partial charge >= 0.3 is 5.97 Å². The van der Waals surface area contributed by atoms with Gasteiger partial charge in [0, 0.05) is 5.69 Å². The van der Waals surface area contributed by atoms with Gasteiger partial charge in [-0.05, 0) is 54.0 Å². The molecule has 0 saturated heterocycles. The number of nitrogens with one attached hydrogen (secondary N) is 1. The number of thiophene rings is 1. The SMILES string of the molecule is O=C(COC(=O)CSc1cccs1)Nc1ccc2c(c1)CCC2. The lowest BCUT2D eigenvalue weighted by Crippen LogP contribution is -2.21. The van der Waals surface area contributed by atoms with Crippen molar-refractivity contribution in [3.05, 3.63) is 46.8 Å².